The van der Waals surface area contributed by atoms with Gasteiger partial charge >= 0.3 is 0 Å². The Morgan fingerprint density at radius 1 is 1.35 bits per heavy atom. The minimum Gasteiger partial charge on any atom is -0.385 e. The van der Waals surface area contributed by atoms with Crippen molar-refractivity contribution in [2.75, 3.05) is 34.4 Å². The lowest BCUT2D eigenvalue weighted by atomic mass is 10.0. The number of nitrogens with zero attached hydrogens (tertiary/aromatic N) is 4. The fourth-order valence-electron chi connectivity index (χ4n) is 3.34. The molecule has 1 aliphatic carbocycles. The number of methoxy groups -OCH3 is 2. The van der Waals surface area contributed by atoms with Crippen molar-refractivity contribution in [3.05, 3.63) is 11.6 Å². The molecule has 1 unspecified atom stereocenters. The van der Waals surface area contributed by atoms with E-state index in [2.05, 4.69) is 25.7 Å². The van der Waals surface area contributed by atoms with Crippen LogP contribution in [-0.2, 0) is 29.0 Å². The molecule has 0 amide bonds. The van der Waals surface area contributed by atoms with Gasteiger partial charge in [0.1, 0.15) is 12.4 Å². The molecule has 148 valence electrons. The van der Waals surface area contributed by atoms with Crippen LogP contribution in [0.3, 0.4) is 0 Å². The summed E-state index contributed by atoms with van der Waals surface area (Å²) in [7, 11) is 5.26. The molecule has 2 heterocycles. The van der Waals surface area contributed by atoms with E-state index in [1.54, 1.807) is 14.2 Å². The zero-order chi connectivity index (χ0) is 17.7. The molecule has 2 N–H and O–H groups in total. The standard InChI is InChI=1S/C17H30N6O2.HI/c1-18-16(19-12-17(6-7-17)8-9-24-2)20-13-4-5-15-21-14(11-25-3)22-23(15)10-13;/h13H,4-12H2,1-3H3,(H2,18,19,20);1H. The van der Waals surface area contributed by atoms with Crippen molar-refractivity contribution in [3.63, 3.8) is 0 Å². The number of aliphatic imine (C=N–C) groups is 1. The van der Waals surface area contributed by atoms with Gasteiger partial charge in [-0.15, -0.1) is 24.0 Å². The van der Waals surface area contributed by atoms with Gasteiger partial charge in [0.15, 0.2) is 11.8 Å². The van der Waals surface area contributed by atoms with E-state index in [0.29, 0.717) is 18.1 Å². The topological polar surface area (TPSA) is 85.6 Å². The second-order valence-corrected chi connectivity index (χ2v) is 7.11. The molecule has 0 spiro atoms. The molecule has 8 nitrogen and oxygen atoms in total. The number of ether oxygens (including phenoxy) is 2. The predicted octanol–water partition coefficient (Wildman–Crippen LogP) is 1.34. The third-order valence-corrected chi connectivity index (χ3v) is 5.16. The first-order valence-corrected chi connectivity index (χ1v) is 9.06. The summed E-state index contributed by atoms with van der Waals surface area (Å²) in [5.41, 5.74) is 0.397. The van der Waals surface area contributed by atoms with Crippen LogP contribution in [0.5, 0.6) is 0 Å². The average Bonchev–Trinajstić information content (AvgIpc) is 3.28. The number of fused-ring (bicyclic) bond motifs is 1. The van der Waals surface area contributed by atoms with E-state index in [1.165, 1.54) is 12.8 Å². The highest BCUT2D eigenvalue weighted by Crippen LogP contribution is 2.48. The summed E-state index contributed by atoms with van der Waals surface area (Å²) in [5.74, 6) is 2.67. The molecule has 2 aliphatic rings. The van der Waals surface area contributed by atoms with E-state index in [-0.39, 0.29) is 24.0 Å². The van der Waals surface area contributed by atoms with Crippen molar-refractivity contribution >= 4 is 29.9 Å². The molecule has 9 heteroatoms. The van der Waals surface area contributed by atoms with Gasteiger partial charge in [0.2, 0.25) is 0 Å². The largest absolute Gasteiger partial charge is 0.385 e. The zero-order valence-corrected chi connectivity index (χ0v) is 18.3. The molecule has 3 rings (SSSR count). The summed E-state index contributed by atoms with van der Waals surface area (Å²) < 4.78 is 12.3. The third kappa shape index (κ3) is 5.53. The van der Waals surface area contributed by atoms with Crippen molar-refractivity contribution < 1.29 is 9.47 Å². The first kappa shape index (κ1) is 21.4. The van der Waals surface area contributed by atoms with Crippen LogP contribution in [0.25, 0.3) is 0 Å². The monoisotopic (exact) mass is 478 g/mol. The number of aromatic nitrogens is 3. The Hall–Kier alpha value is -0.940. The molecule has 0 bridgehead atoms. The van der Waals surface area contributed by atoms with Gasteiger partial charge in [-0.2, -0.15) is 5.10 Å². The summed E-state index contributed by atoms with van der Waals surface area (Å²) in [5, 5.41) is 11.5. The molecular formula is C17H31IN6O2. The maximum Gasteiger partial charge on any atom is 0.191 e. The molecule has 26 heavy (non-hydrogen) atoms. The van der Waals surface area contributed by atoms with E-state index < -0.39 is 0 Å². The van der Waals surface area contributed by atoms with Gasteiger partial charge in [0.25, 0.3) is 0 Å². The van der Waals surface area contributed by atoms with Gasteiger partial charge in [0.05, 0.1) is 6.54 Å². The van der Waals surface area contributed by atoms with Crippen LogP contribution >= 0.6 is 24.0 Å². The zero-order valence-electron chi connectivity index (χ0n) is 16.0. The third-order valence-electron chi connectivity index (χ3n) is 5.16. The molecule has 0 saturated heterocycles. The predicted molar refractivity (Wildman–Crippen MR) is 111 cm³/mol. The maximum absolute atomic E-state index is 5.23. The highest BCUT2D eigenvalue weighted by molar-refractivity contribution is 14.0. The molecule has 1 aromatic rings. The Kier molecular flexibility index (Phi) is 8.08. The van der Waals surface area contributed by atoms with E-state index in [9.17, 15) is 0 Å². The van der Waals surface area contributed by atoms with Gasteiger partial charge in [-0.05, 0) is 31.1 Å². The Morgan fingerprint density at radius 2 is 2.15 bits per heavy atom. The maximum atomic E-state index is 5.23. The van der Waals surface area contributed by atoms with Crippen LogP contribution in [0, 0.1) is 5.41 Å². The SMILES string of the molecule is CN=C(NCC1(CCOC)CC1)NC1CCc2nc(COC)nn2C1.I. The van der Waals surface area contributed by atoms with Crippen LogP contribution in [-0.4, -0.2) is 61.2 Å². The Labute approximate surface area is 172 Å². The average molecular weight is 478 g/mol. The summed E-state index contributed by atoms with van der Waals surface area (Å²) in [6.45, 7) is 3.05. The van der Waals surface area contributed by atoms with E-state index in [1.807, 2.05) is 11.7 Å². The summed E-state index contributed by atoms with van der Waals surface area (Å²) in [4.78, 5) is 8.90. The van der Waals surface area contributed by atoms with Gasteiger partial charge in [-0.1, -0.05) is 0 Å². The summed E-state index contributed by atoms with van der Waals surface area (Å²) >= 11 is 0. The molecule has 1 atom stereocenters. The molecule has 1 aliphatic heterocycles. The van der Waals surface area contributed by atoms with Gasteiger partial charge in [0, 0.05) is 46.9 Å². The van der Waals surface area contributed by atoms with Crippen molar-refractivity contribution in [2.45, 2.75) is 51.3 Å². The number of hydrogen-bond donors (Lipinski definition) is 2. The van der Waals surface area contributed by atoms with Gasteiger partial charge < -0.3 is 20.1 Å². The Morgan fingerprint density at radius 3 is 2.81 bits per heavy atom. The van der Waals surface area contributed by atoms with Crippen LogP contribution in [0.2, 0.25) is 0 Å². The molecule has 0 radical (unpaired) electrons. The van der Waals surface area contributed by atoms with Crippen molar-refractivity contribution in [2.24, 2.45) is 10.4 Å². The number of nitrogens with one attached hydrogen (secondary N) is 2. The molecule has 0 aromatic carbocycles. The van der Waals surface area contributed by atoms with Crippen LogP contribution in [0.1, 0.15) is 37.3 Å². The summed E-state index contributed by atoms with van der Waals surface area (Å²) in [6, 6.07) is 0.310. The quantitative estimate of drug-likeness (QED) is 0.333. The van der Waals surface area contributed by atoms with Crippen molar-refractivity contribution in [1.29, 1.82) is 0 Å². The Balaban J connectivity index is 0.00000243. The fourth-order valence-corrected chi connectivity index (χ4v) is 3.34. The fraction of sp³-hybridized carbons (Fsp3) is 0.824. The lowest BCUT2D eigenvalue weighted by Gasteiger charge is -2.26. The first-order valence-electron chi connectivity index (χ1n) is 9.06. The highest BCUT2D eigenvalue weighted by Gasteiger charge is 2.42. The second-order valence-electron chi connectivity index (χ2n) is 7.11. The number of rotatable bonds is 8. The number of guanidine groups is 1. The molecule has 1 saturated carbocycles. The number of hydrogen-bond acceptors (Lipinski definition) is 5. The minimum atomic E-state index is 0. The normalized spacial score (nSPS) is 20.9. The van der Waals surface area contributed by atoms with Gasteiger partial charge in [-0.25, -0.2) is 9.67 Å². The van der Waals surface area contributed by atoms with Crippen LogP contribution in [0.15, 0.2) is 4.99 Å². The smallest absolute Gasteiger partial charge is 0.191 e. The van der Waals surface area contributed by atoms with Gasteiger partial charge in [-0.3, -0.25) is 4.99 Å². The first-order chi connectivity index (χ1) is 12.2. The number of halogens is 1. The van der Waals surface area contributed by atoms with E-state index in [4.69, 9.17) is 9.47 Å². The van der Waals surface area contributed by atoms with Crippen molar-refractivity contribution in [1.82, 2.24) is 25.4 Å². The lowest BCUT2D eigenvalue weighted by molar-refractivity contribution is 0.172. The van der Waals surface area contributed by atoms with Crippen LogP contribution < -0.4 is 10.6 Å². The van der Waals surface area contributed by atoms with Crippen LogP contribution in [0.4, 0.5) is 0 Å². The minimum absolute atomic E-state index is 0. The molecule has 1 aromatic heterocycles. The lowest BCUT2D eigenvalue weighted by Crippen LogP contribution is -2.48. The second kappa shape index (κ2) is 9.84. The molecule has 1 fully saturated rings. The van der Waals surface area contributed by atoms with Crippen molar-refractivity contribution in [3.8, 4) is 0 Å². The Bertz CT molecular complexity index is 602. The molecular weight excluding hydrogens is 447 g/mol. The summed E-state index contributed by atoms with van der Waals surface area (Å²) in [6.07, 6.45) is 5.61. The van der Waals surface area contributed by atoms with E-state index >= 15 is 0 Å². The van der Waals surface area contributed by atoms with E-state index in [0.717, 1.165) is 56.6 Å². The number of aryl methyl sites for hydroxylation is 1. The highest BCUT2D eigenvalue weighted by atomic mass is 127.